The van der Waals surface area contributed by atoms with Crippen LogP contribution in [0.1, 0.15) is 35.7 Å². The summed E-state index contributed by atoms with van der Waals surface area (Å²) >= 11 is 0. The topological polar surface area (TPSA) is 66.6 Å². The third-order valence-corrected chi connectivity index (χ3v) is 3.64. The van der Waals surface area contributed by atoms with E-state index in [0.717, 1.165) is 0 Å². The minimum atomic E-state index is -0.735. The lowest BCUT2D eigenvalue weighted by Crippen LogP contribution is -2.45. The molecule has 0 radical (unpaired) electrons. The van der Waals surface area contributed by atoms with E-state index in [4.69, 9.17) is 5.73 Å². The fourth-order valence-corrected chi connectivity index (χ4v) is 2.31. The van der Waals surface area contributed by atoms with E-state index < -0.39 is 11.4 Å². The first-order chi connectivity index (χ1) is 8.80. The smallest absolute Gasteiger partial charge is 0.256 e. The summed E-state index contributed by atoms with van der Waals surface area (Å²) in [7, 11) is 0. The largest absolute Gasteiger partial charge is 0.399 e. The summed E-state index contributed by atoms with van der Waals surface area (Å²) in [5.41, 5.74) is 5.69. The molecular weight excluding hydrogens is 247 g/mol. The van der Waals surface area contributed by atoms with Gasteiger partial charge in [0.1, 0.15) is 5.82 Å². The van der Waals surface area contributed by atoms with Gasteiger partial charge in [-0.3, -0.25) is 4.79 Å². The summed E-state index contributed by atoms with van der Waals surface area (Å²) in [6.45, 7) is 4.20. The maximum Gasteiger partial charge on any atom is 0.256 e. The molecular formula is C14H19FN2O2. The van der Waals surface area contributed by atoms with Crippen molar-refractivity contribution in [2.24, 2.45) is 0 Å². The van der Waals surface area contributed by atoms with Crippen LogP contribution in [0.25, 0.3) is 0 Å². The monoisotopic (exact) mass is 266 g/mol. The van der Waals surface area contributed by atoms with Gasteiger partial charge in [-0.1, -0.05) is 0 Å². The number of piperidine rings is 1. The lowest BCUT2D eigenvalue weighted by atomic mass is 9.93. The number of carbonyl (C=O) groups excluding carboxylic acids is 1. The Kier molecular flexibility index (Phi) is 3.49. The highest BCUT2D eigenvalue weighted by atomic mass is 19.1. The third-order valence-electron chi connectivity index (χ3n) is 3.64. The van der Waals surface area contributed by atoms with Crippen LogP contribution in [-0.4, -0.2) is 34.6 Å². The number of rotatable bonds is 1. The highest BCUT2D eigenvalue weighted by molar-refractivity contribution is 5.95. The molecule has 1 amide bonds. The molecule has 1 fully saturated rings. The maximum absolute atomic E-state index is 14.0. The van der Waals surface area contributed by atoms with Crippen LogP contribution >= 0.6 is 0 Å². The molecule has 19 heavy (non-hydrogen) atoms. The molecule has 1 saturated heterocycles. The lowest BCUT2D eigenvalue weighted by Gasteiger charge is -2.35. The zero-order chi connectivity index (χ0) is 14.2. The molecule has 0 bridgehead atoms. The summed E-state index contributed by atoms with van der Waals surface area (Å²) < 4.78 is 14.0. The molecule has 0 unspecified atom stereocenters. The summed E-state index contributed by atoms with van der Waals surface area (Å²) in [6, 6.07) is 2.88. The molecule has 5 heteroatoms. The van der Waals surface area contributed by atoms with Gasteiger partial charge in [-0.2, -0.15) is 0 Å². The molecule has 1 heterocycles. The number of nitrogens with two attached hydrogens (primary N) is 1. The maximum atomic E-state index is 14.0. The second-order valence-corrected chi connectivity index (χ2v) is 5.49. The van der Waals surface area contributed by atoms with E-state index >= 15 is 0 Å². The standard InChI is InChI=1S/C14H19FN2O2/c1-9-7-10(16)8-11(12(9)15)13(18)17-5-3-14(2,19)4-6-17/h7-8,19H,3-6,16H2,1-2H3. The number of likely N-dealkylation sites (tertiary alicyclic amines) is 1. The number of carbonyl (C=O) groups is 1. The molecule has 3 N–H and O–H groups in total. The van der Waals surface area contributed by atoms with Gasteiger partial charge in [0.15, 0.2) is 0 Å². The minimum Gasteiger partial charge on any atom is -0.399 e. The van der Waals surface area contributed by atoms with Crippen molar-refractivity contribution < 1.29 is 14.3 Å². The average Bonchev–Trinajstić information content (AvgIpc) is 2.33. The minimum absolute atomic E-state index is 0.0130. The van der Waals surface area contributed by atoms with E-state index in [9.17, 15) is 14.3 Å². The SMILES string of the molecule is Cc1cc(N)cc(C(=O)N2CCC(C)(O)CC2)c1F. The van der Waals surface area contributed by atoms with Gasteiger partial charge in [0.25, 0.3) is 5.91 Å². The average molecular weight is 266 g/mol. The molecule has 0 saturated carbocycles. The summed E-state index contributed by atoms with van der Waals surface area (Å²) in [4.78, 5) is 13.8. The molecule has 0 aromatic heterocycles. The van der Waals surface area contributed by atoms with Crippen LogP contribution < -0.4 is 5.73 Å². The van der Waals surface area contributed by atoms with E-state index in [1.165, 1.54) is 12.1 Å². The van der Waals surface area contributed by atoms with Crippen molar-refractivity contribution in [3.8, 4) is 0 Å². The molecule has 0 atom stereocenters. The fraction of sp³-hybridized carbons (Fsp3) is 0.500. The highest BCUT2D eigenvalue weighted by Gasteiger charge is 2.31. The molecule has 104 valence electrons. The van der Waals surface area contributed by atoms with Crippen LogP contribution in [-0.2, 0) is 0 Å². The highest BCUT2D eigenvalue weighted by Crippen LogP contribution is 2.24. The number of amides is 1. The van der Waals surface area contributed by atoms with Crippen molar-refractivity contribution in [2.75, 3.05) is 18.8 Å². The number of anilines is 1. The second-order valence-electron chi connectivity index (χ2n) is 5.49. The molecule has 2 rings (SSSR count). The number of aliphatic hydroxyl groups is 1. The van der Waals surface area contributed by atoms with Crippen molar-refractivity contribution in [1.82, 2.24) is 4.90 Å². The van der Waals surface area contributed by atoms with Gasteiger partial charge in [0.2, 0.25) is 0 Å². The number of nitrogens with zero attached hydrogens (tertiary/aromatic N) is 1. The van der Waals surface area contributed by atoms with Gasteiger partial charge in [-0.25, -0.2) is 4.39 Å². The van der Waals surface area contributed by atoms with Gasteiger partial charge in [0, 0.05) is 18.8 Å². The van der Waals surface area contributed by atoms with Crippen molar-refractivity contribution in [2.45, 2.75) is 32.3 Å². The Labute approximate surface area is 112 Å². The Bertz CT molecular complexity index is 504. The molecule has 0 aliphatic carbocycles. The van der Waals surface area contributed by atoms with Crippen molar-refractivity contribution in [3.05, 3.63) is 29.1 Å². The van der Waals surface area contributed by atoms with Gasteiger partial charge < -0.3 is 15.7 Å². The first-order valence-electron chi connectivity index (χ1n) is 6.37. The summed E-state index contributed by atoms with van der Waals surface area (Å²) in [5.74, 6) is -0.875. The number of benzene rings is 1. The fourth-order valence-electron chi connectivity index (χ4n) is 2.31. The summed E-state index contributed by atoms with van der Waals surface area (Å²) in [5, 5.41) is 9.86. The third kappa shape index (κ3) is 2.87. The second kappa shape index (κ2) is 4.81. The molecule has 4 nitrogen and oxygen atoms in total. The zero-order valence-electron chi connectivity index (χ0n) is 11.2. The Morgan fingerprint density at radius 3 is 2.58 bits per heavy atom. The Morgan fingerprint density at radius 2 is 2.00 bits per heavy atom. The first-order valence-corrected chi connectivity index (χ1v) is 6.37. The van der Waals surface area contributed by atoms with Crippen LogP contribution in [0.5, 0.6) is 0 Å². The lowest BCUT2D eigenvalue weighted by molar-refractivity contribution is -0.00214. The zero-order valence-corrected chi connectivity index (χ0v) is 11.2. The van der Waals surface area contributed by atoms with E-state index in [2.05, 4.69) is 0 Å². The van der Waals surface area contributed by atoms with E-state index in [0.29, 0.717) is 37.2 Å². The van der Waals surface area contributed by atoms with Crippen LogP contribution in [0, 0.1) is 12.7 Å². The van der Waals surface area contributed by atoms with E-state index in [-0.39, 0.29) is 11.5 Å². The van der Waals surface area contributed by atoms with Crippen LogP contribution in [0.3, 0.4) is 0 Å². The van der Waals surface area contributed by atoms with Crippen molar-refractivity contribution in [1.29, 1.82) is 0 Å². The number of nitrogen functional groups attached to an aromatic ring is 1. The van der Waals surface area contributed by atoms with Crippen molar-refractivity contribution in [3.63, 3.8) is 0 Å². The van der Waals surface area contributed by atoms with Crippen LogP contribution in [0.4, 0.5) is 10.1 Å². The number of hydrogen-bond donors (Lipinski definition) is 2. The Hall–Kier alpha value is -1.62. The number of halogens is 1. The van der Waals surface area contributed by atoms with Gasteiger partial charge in [-0.15, -0.1) is 0 Å². The molecule has 0 spiro atoms. The quantitative estimate of drug-likeness (QED) is 0.760. The number of hydrogen-bond acceptors (Lipinski definition) is 3. The van der Waals surface area contributed by atoms with E-state index in [1.54, 1.807) is 18.7 Å². The van der Waals surface area contributed by atoms with Crippen molar-refractivity contribution >= 4 is 11.6 Å². The first kappa shape index (κ1) is 13.8. The van der Waals surface area contributed by atoms with Gasteiger partial charge >= 0.3 is 0 Å². The van der Waals surface area contributed by atoms with Gasteiger partial charge in [0.05, 0.1) is 11.2 Å². The molecule has 1 aromatic rings. The van der Waals surface area contributed by atoms with Crippen LogP contribution in [0.2, 0.25) is 0 Å². The Balaban J connectivity index is 2.21. The normalized spacial score (nSPS) is 18.4. The van der Waals surface area contributed by atoms with E-state index in [1.807, 2.05) is 0 Å². The van der Waals surface area contributed by atoms with Gasteiger partial charge in [-0.05, 0) is 44.4 Å². The molecule has 1 aliphatic rings. The molecule has 1 aromatic carbocycles. The van der Waals surface area contributed by atoms with Crippen LogP contribution in [0.15, 0.2) is 12.1 Å². The predicted octanol–water partition coefficient (Wildman–Crippen LogP) is 1.70. The Morgan fingerprint density at radius 1 is 1.42 bits per heavy atom. The summed E-state index contributed by atoms with van der Waals surface area (Å²) in [6.07, 6.45) is 1.00. The number of aryl methyl sites for hydroxylation is 1. The molecule has 1 aliphatic heterocycles. The predicted molar refractivity (Wildman–Crippen MR) is 71.3 cm³/mol.